The lowest BCUT2D eigenvalue weighted by Gasteiger charge is -2.37. The molecule has 6 heterocycles. The van der Waals surface area contributed by atoms with Crippen LogP contribution in [0.5, 0.6) is 0 Å². The second kappa shape index (κ2) is 11.7. The van der Waals surface area contributed by atoms with Gasteiger partial charge in [-0.1, -0.05) is 25.4 Å². The number of piperidine rings is 1. The Morgan fingerprint density at radius 1 is 1.21 bits per heavy atom. The summed E-state index contributed by atoms with van der Waals surface area (Å²) in [5.41, 5.74) is 14.5. The molecular weight excluding hydrogens is 558 g/mol. The zero-order valence-electron chi connectivity index (χ0n) is 25.6. The fourth-order valence-electron chi connectivity index (χ4n) is 7.74. The molecule has 2 aromatic rings. The van der Waals surface area contributed by atoms with E-state index in [-0.39, 0.29) is 12.1 Å². The smallest absolute Gasteiger partial charge is 0.181 e. The van der Waals surface area contributed by atoms with Crippen LogP contribution in [0, 0.1) is 17.2 Å². The molecule has 4 atom stereocenters. The van der Waals surface area contributed by atoms with E-state index in [9.17, 15) is 5.26 Å². The van der Waals surface area contributed by atoms with Crippen molar-refractivity contribution in [3.63, 3.8) is 0 Å². The second-order valence-electron chi connectivity index (χ2n) is 13.0. The number of fused-ring (bicyclic) bond motifs is 2. The molecule has 0 saturated carbocycles. The number of aliphatic imine (C=N–C) groups is 2. The van der Waals surface area contributed by atoms with E-state index < -0.39 is 0 Å². The summed E-state index contributed by atoms with van der Waals surface area (Å²) in [6.07, 6.45) is 11.5. The monoisotopic (exact) mass is 601 g/mol. The van der Waals surface area contributed by atoms with Crippen LogP contribution in [0.25, 0.3) is 0 Å². The topological polar surface area (TPSA) is 122 Å². The minimum Gasteiger partial charge on any atom is -0.389 e. The second-order valence-corrected chi connectivity index (χ2v) is 14.1. The Morgan fingerprint density at radius 3 is 2.84 bits per heavy atom. The molecule has 2 saturated heterocycles. The Kier molecular flexibility index (Phi) is 7.78. The number of likely N-dealkylation sites (N-methyl/N-ethyl adjacent to an activating group) is 1. The van der Waals surface area contributed by atoms with Gasteiger partial charge in [0.05, 0.1) is 11.1 Å². The molecule has 11 heteroatoms. The maximum Gasteiger partial charge on any atom is 0.181 e. The molecule has 228 valence electrons. The number of likely N-dealkylation sites (tertiary alicyclic amines) is 2. The number of hydrazine groups is 1. The largest absolute Gasteiger partial charge is 0.389 e. The summed E-state index contributed by atoms with van der Waals surface area (Å²) in [7, 11) is 2.22. The number of anilines is 1. The Morgan fingerprint density at radius 2 is 2.07 bits per heavy atom. The van der Waals surface area contributed by atoms with E-state index in [0.29, 0.717) is 28.4 Å². The van der Waals surface area contributed by atoms with Crippen LogP contribution in [-0.4, -0.2) is 77.1 Å². The van der Waals surface area contributed by atoms with Crippen molar-refractivity contribution < 1.29 is 4.52 Å². The first-order valence-corrected chi connectivity index (χ1v) is 16.9. The third-order valence-electron chi connectivity index (χ3n) is 9.96. The summed E-state index contributed by atoms with van der Waals surface area (Å²) in [5, 5.41) is 17.6. The van der Waals surface area contributed by atoms with Gasteiger partial charge in [0.1, 0.15) is 22.7 Å². The van der Waals surface area contributed by atoms with Crippen molar-refractivity contribution in [2.24, 2.45) is 15.9 Å². The van der Waals surface area contributed by atoms with Crippen LogP contribution in [0.1, 0.15) is 97.7 Å². The predicted octanol–water partition coefficient (Wildman–Crippen LogP) is 4.63. The molecule has 0 bridgehead atoms. The minimum atomic E-state index is -0.154. The zero-order chi connectivity index (χ0) is 29.7. The highest BCUT2D eigenvalue weighted by Crippen LogP contribution is 2.45. The first kappa shape index (κ1) is 28.6. The van der Waals surface area contributed by atoms with Crippen molar-refractivity contribution in [3.8, 4) is 6.07 Å². The summed E-state index contributed by atoms with van der Waals surface area (Å²) in [6, 6.07) is 2.90. The van der Waals surface area contributed by atoms with Crippen molar-refractivity contribution in [1.29, 1.82) is 5.26 Å². The number of nitrogens with one attached hydrogen (secondary N) is 1. The van der Waals surface area contributed by atoms with Gasteiger partial charge in [-0.25, -0.2) is 9.98 Å². The predicted molar refractivity (Wildman–Crippen MR) is 170 cm³/mol. The van der Waals surface area contributed by atoms with E-state index in [1.54, 1.807) is 11.3 Å². The van der Waals surface area contributed by atoms with Crippen molar-refractivity contribution in [1.82, 2.24) is 25.4 Å². The highest BCUT2D eigenvalue weighted by molar-refractivity contribution is 7.16. The lowest BCUT2D eigenvalue weighted by molar-refractivity contribution is 0.146. The molecular formula is C32H43N9OS. The first-order valence-electron chi connectivity index (χ1n) is 16.1. The van der Waals surface area contributed by atoms with Gasteiger partial charge in [-0.15, -0.1) is 11.3 Å². The molecule has 1 aliphatic carbocycles. The minimum absolute atomic E-state index is 0.0247. The molecule has 4 unspecified atom stereocenters. The molecule has 0 amide bonds. The van der Waals surface area contributed by atoms with Crippen molar-refractivity contribution in [3.05, 3.63) is 44.8 Å². The summed E-state index contributed by atoms with van der Waals surface area (Å²) < 4.78 is 6.20. The maximum atomic E-state index is 10.0. The van der Waals surface area contributed by atoms with Gasteiger partial charge in [0.15, 0.2) is 17.7 Å². The molecule has 7 rings (SSSR count). The van der Waals surface area contributed by atoms with Gasteiger partial charge < -0.3 is 25.5 Å². The fraction of sp³-hybridized carbons (Fsp3) is 0.625. The Bertz CT molecular complexity index is 1510. The fourth-order valence-corrected chi connectivity index (χ4v) is 8.93. The average molecular weight is 602 g/mol. The Hall–Kier alpha value is -3.20. The SMILES string of the molecule is CCCc1sc(N)c(C#N)c1C1CCCc2c(C3=NC4C(=CNN4CC4CCCN4C)C(N4CCCC(C)C4)=N3)noc21. The number of nitrogen functional groups attached to an aromatic ring is 1. The van der Waals surface area contributed by atoms with Crippen LogP contribution in [0.4, 0.5) is 5.00 Å². The molecule has 2 fully saturated rings. The molecule has 3 N–H and O–H groups in total. The highest BCUT2D eigenvalue weighted by Gasteiger charge is 2.41. The number of nitriles is 1. The third kappa shape index (κ3) is 5.07. The number of aromatic nitrogens is 1. The summed E-state index contributed by atoms with van der Waals surface area (Å²) in [6.45, 7) is 8.54. The molecule has 0 spiro atoms. The number of nitrogens with two attached hydrogens (primary N) is 1. The van der Waals surface area contributed by atoms with Crippen molar-refractivity contribution in [2.75, 3.05) is 39.0 Å². The van der Waals surface area contributed by atoms with Crippen molar-refractivity contribution in [2.45, 2.75) is 89.8 Å². The van der Waals surface area contributed by atoms with Gasteiger partial charge in [-0.3, -0.25) is 0 Å². The third-order valence-corrected chi connectivity index (χ3v) is 11.1. The van der Waals surface area contributed by atoms with E-state index in [0.717, 1.165) is 92.3 Å². The zero-order valence-corrected chi connectivity index (χ0v) is 26.4. The van der Waals surface area contributed by atoms with Gasteiger partial charge in [-0.2, -0.15) is 10.3 Å². The van der Waals surface area contributed by atoms with Crippen LogP contribution >= 0.6 is 11.3 Å². The standard InChI is InChI=1S/C32H43N9OS/c1-4-8-25-26(23(15-33)29(34)43-25)21-11-5-12-22-27(38-42-28(21)22)30-36-31(40-14-6-9-19(2)17-40)24-16-35-41(32(24)37-30)18-20-10-7-13-39(20)3/h16,19-21,32,35H,4-14,17-18,34H2,1-3H3. The molecule has 0 aromatic carbocycles. The van der Waals surface area contributed by atoms with Crippen molar-refractivity contribution >= 4 is 28.0 Å². The molecule has 2 aromatic heterocycles. The maximum absolute atomic E-state index is 10.0. The lowest BCUT2D eigenvalue weighted by atomic mass is 9.81. The quantitative estimate of drug-likeness (QED) is 0.492. The highest BCUT2D eigenvalue weighted by atomic mass is 32.1. The molecule has 5 aliphatic rings. The van der Waals surface area contributed by atoms with Gasteiger partial charge in [0, 0.05) is 48.2 Å². The number of rotatable bonds is 6. The van der Waals surface area contributed by atoms with E-state index in [4.69, 9.17) is 20.2 Å². The number of nitrogens with zero attached hydrogens (tertiary/aromatic N) is 7. The summed E-state index contributed by atoms with van der Waals surface area (Å²) >= 11 is 1.55. The van der Waals surface area contributed by atoms with E-state index in [2.05, 4.69) is 58.6 Å². The van der Waals surface area contributed by atoms with Gasteiger partial charge in [0.25, 0.3) is 0 Å². The number of amidine groups is 2. The molecule has 4 aliphatic heterocycles. The Labute approximate surface area is 258 Å². The number of hydrogen-bond acceptors (Lipinski definition) is 11. The molecule has 0 radical (unpaired) electrons. The van der Waals surface area contributed by atoms with Crippen LogP contribution in [0.3, 0.4) is 0 Å². The van der Waals surface area contributed by atoms with Gasteiger partial charge in [0.2, 0.25) is 0 Å². The van der Waals surface area contributed by atoms with Crippen LogP contribution in [-0.2, 0) is 12.8 Å². The van der Waals surface area contributed by atoms with E-state index in [1.165, 1.54) is 30.6 Å². The number of aryl methyl sites for hydroxylation is 1. The normalized spacial score (nSPS) is 27.7. The van der Waals surface area contributed by atoms with Gasteiger partial charge >= 0.3 is 0 Å². The van der Waals surface area contributed by atoms with Gasteiger partial charge in [-0.05, 0) is 76.4 Å². The van der Waals surface area contributed by atoms with Crippen LogP contribution < -0.4 is 11.2 Å². The van der Waals surface area contributed by atoms with Crippen LogP contribution in [0.15, 0.2) is 26.3 Å². The summed E-state index contributed by atoms with van der Waals surface area (Å²) in [5.74, 6) is 3.13. The lowest BCUT2D eigenvalue weighted by Crippen LogP contribution is -2.49. The Balaban J connectivity index is 1.27. The number of thiophene rings is 1. The summed E-state index contributed by atoms with van der Waals surface area (Å²) in [4.78, 5) is 16.6. The van der Waals surface area contributed by atoms with Crippen LogP contribution in [0.2, 0.25) is 0 Å². The molecule has 10 nitrogen and oxygen atoms in total. The van der Waals surface area contributed by atoms with E-state index in [1.807, 2.05) is 0 Å². The average Bonchev–Trinajstić information content (AvgIpc) is 3.79. The van der Waals surface area contributed by atoms with E-state index >= 15 is 0 Å². The number of hydrogen-bond donors (Lipinski definition) is 2. The first-order chi connectivity index (χ1) is 21.0. The molecule has 43 heavy (non-hydrogen) atoms.